The third-order valence-electron chi connectivity index (χ3n) is 1.63. The second-order valence-electron chi connectivity index (χ2n) is 2.52. The van der Waals surface area contributed by atoms with E-state index in [1.54, 1.807) is 0 Å². The van der Waals surface area contributed by atoms with Gasteiger partial charge in [-0.05, 0) is 0 Å². The highest BCUT2D eigenvalue weighted by molar-refractivity contribution is 6.42. The highest BCUT2D eigenvalue weighted by Gasteiger charge is 2.20. The number of hydrogen-bond acceptors (Lipinski definition) is 2. The van der Waals surface area contributed by atoms with Crippen LogP contribution in [0.15, 0.2) is 12.1 Å². The summed E-state index contributed by atoms with van der Waals surface area (Å²) < 4.78 is 0. The second-order valence-corrected chi connectivity index (χ2v) is 3.60. The average molecular weight is 220 g/mol. The molecule has 1 aromatic carbocycles. The SMILES string of the molecule is O=C(O)c1c([Si])ccc([Si])c1C(=O)O. The molecule has 0 heterocycles. The largest absolute Gasteiger partial charge is 0.478 e. The predicted octanol–water partition coefficient (Wildman–Crippen LogP) is -1.33. The molecule has 0 aromatic heterocycles. The quantitative estimate of drug-likeness (QED) is 0.606. The Morgan fingerprint density at radius 3 is 1.43 bits per heavy atom. The van der Waals surface area contributed by atoms with Crippen LogP contribution in [0, 0.1) is 0 Å². The Hall–Kier alpha value is -1.41. The lowest BCUT2D eigenvalue weighted by atomic mass is 10.1. The highest BCUT2D eigenvalue weighted by atomic mass is 28.1. The Morgan fingerprint density at radius 1 is 0.929 bits per heavy atom. The van der Waals surface area contributed by atoms with Crippen LogP contribution in [0.25, 0.3) is 0 Å². The first-order valence-corrected chi connectivity index (χ1v) is 4.52. The summed E-state index contributed by atoms with van der Waals surface area (Å²) in [5.41, 5.74) is -0.525. The third kappa shape index (κ3) is 1.75. The molecule has 0 fully saturated rings. The molecule has 0 aliphatic carbocycles. The fourth-order valence-corrected chi connectivity index (χ4v) is 1.68. The van der Waals surface area contributed by atoms with E-state index in [-0.39, 0.29) is 21.5 Å². The van der Waals surface area contributed by atoms with E-state index in [0.29, 0.717) is 0 Å². The number of carboxylic acid groups (broad SMARTS) is 2. The summed E-state index contributed by atoms with van der Waals surface area (Å²) in [5.74, 6) is -2.57. The standard InChI is InChI=1S/C8H4O4Si2/c9-7(10)5-3(13)1-2-4(14)6(5)8(11)12/h1-2H,(H,9,10)(H,11,12). The molecule has 68 valence electrons. The Balaban J connectivity index is 3.58. The van der Waals surface area contributed by atoms with Gasteiger partial charge >= 0.3 is 11.9 Å². The molecule has 0 aliphatic heterocycles. The van der Waals surface area contributed by atoms with Crippen LogP contribution in [0.1, 0.15) is 20.7 Å². The van der Waals surface area contributed by atoms with Crippen molar-refractivity contribution < 1.29 is 19.8 Å². The molecule has 0 saturated heterocycles. The van der Waals surface area contributed by atoms with Crippen LogP contribution in [0.3, 0.4) is 0 Å². The van der Waals surface area contributed by atoms with Crippen LogP contribution in [0.4, 0.5) is 0 Å². The lowest BCUT2D eigenvalue weighted by Crippen LogP contribution is -2.28. The smallest absolute Gasteiger partial charge is 0.336 e. The lowest BCUT2D eigenvalue weighted by Gasteiger charge is -2.07. The fourth-order valence-electron chi connectivity index (χ4n) is 1.05. The minimum Gasteiger partial charge on any atom is -0.478 e. The minimum atomic E-state index is -1.28. The number of aromatic carboxylic acids is 2. The Labute approximate surface area is 86.4 Å². The summed E-state index contributed by atoms with van der Waals surface area (Å²) in [6, 6.07) is 2.93. The lowest BCUT2D eigenvalue weighted by molar-refractivity contribution is 0.0654. The van der Waals surface area contributed by atoms with Gasteiger partial charge in [-0.2, -0.15) is 0 Å². The van der Waals surface area contributed by atoms with Gasteiger partial charge in [-0.1, -0.05) is 22.5 Å². The van der Waals surface area contributed by atoms with Gasteiger partial charge in [0, 0.05) is 0 Å². The maximum Gasteiger partial charge on any atom is 0.336 e. The zero-order chi connectivity index (χ0) is 10.9. The van der Waals surface area contributed by atoms with E-state index in [1.165, 1.54) is 12.1 Å². The Kier molecular flexibility index (Phi) is 2.87. The third-order valence-corrected chi connectivity index (χ3v) is 2.47. The molecular formula is C8H4O4Si2. The first-order chi connectivity index (χ1) is 6.45. The van der Waals surface area contributed by atoms with Crippen LogP contribution < -0.4 is 10.4 Å². The molecule has 0 atom stereocenters. The summed E-state index contributed by atoms with van der Waals surface area (Å²) in [5, 5.41) is 18.1. The van der Waals surface area contributed by atoms with Crippen LogP contribution in [0.2, 0.25) is 0 Å². The van der Waals surface area contributed by atoms with E-state index in [1.807, 2.05) is 0 Å². The Morgan fingerprint density at radius 2 is 1.21 bits per heavy atom. The monoisotopic (exact) mass is 220 g/mol. The van der Waals surface area contributed by atoms with Gasteiger partial charge < -0.3 is 10.2 Å². The van der Waals surface area contributed by atoms with Crippen molar-refractivity contribution >= 4 is 42.8 Å². The van der Waals surface area contributed by atoms with Crippen molar-refractivity contribution in [1.82, 2.24) is 0 Å². The Bertz CT molecular complexity index is 375. The van der Waals surface area contributed by atoms with Gasteiger partial charge in [-0.25, -0.2) is 9.59 Å². The summed E-state index contributed by atoms with van der Waals surface area (Å²) in [6.07, 6.45) is 0. The van der Waals surface area contributed by atoms with Crippen LogP contribution in [0.5, 0.6) is 0 Å². The van der Waals surface area contributed by atoms with E-state index in [0.717, 1.165) is 0 Å². The number of rotatable bonds is 2. The predicted molar refractivity (Wildman–Crippen MR) is 51.1 cm³/mol. The molecule has 0 spiro atoms. The molecule has 4 nitrogen and oxygen atoms in total. The van der Waals surface area contributed by atoms with Gasteiger partial charge in [0.25, 0.3) is 0 Å². The molecule has 0 aliphatic rings. The number of carbonyl (C=O) groups is 2. The van der Waals surface area contributed by atoms with Gasteiger partial charge in [0.2, 0.25) is 0 Å². The van der Waals surface area contributed by atoms with Crippen LogP contribution >= 0.6 is 0 Å². The maximum absolute atomic E-state index is 10.8. The van der Waals surface area contributed by atoms with Crippen LogP contribution in [-0.4, -0.2) is 42.6 Å². The number of hydrogen-bond donors (Lipinski definition) is 2. The molecule has 6 heteroatoms. The van der Waals surface area contributed by atoms with Crippen molar-refractivity contribution in [3.8, 4) is 0 Å². The minimum absolute atomic E-state index is 0.233. The molecule has 1 rings (SSSR count). The topological polar surface area (TPSA) is 74.6 Å². The van der Waals surface area contributed by atoms with Crippen molar-refractivity contribution in [3.63, 3.8) is 0 Å². The summed E-state index contributed by atoms with van der Waals surface area (Å²) in [4.78, 5) is 21.6. The van der Waals surface area contributed by atoms with E-state index in [2.05, 4.69) is 20.5 Å². The van der Waals surface area contributed by atoms with Gasteiger partial charge in [0.05, 0.1) is 31.6 Å². The molecule has 0 unspecified atom stereocenters. The first kappa shape index (κ1) is 10.7. The fraction of sp³-hybridized carbons (Fsp3) is 0. The van der Waals surface area contributed by atoms with Gasteiger partial charge in [0.15, 0.2) is 0 Å². The van der Waals surface area contributed by atoms with Crippen molar-refractivity contribution in [3.05, 3.63) is 23.3 Å². The van der Waals surface area contributed by atoms with E-state index < -0.39 is 11.9 Å². The van der Waals surface area contributed by atoms with Crippen molar-refractivity contribution in [2.24, 2.45) is 0 Å². The van der Waals surface area contributed by atoms with Crippen molar-refractivity contribution in [2.45, 2.75) is 0 Å². The maximum atomic E-state index is 10.8. The second kappa shape index (κ2) is 3.76. The molecular weight excluding hydrogens is 216 g/mol. The molecule has 0 saturated carbocycles. The molecule has 6 radical (unpaired) electrons. The van der Waals surface area contributed by atoms with Crippen LogP contribution in [-0.2, 0) is 0 Å². The number of benzene rings is 1. The normalized spacial score (nSPS) is 9.86. The van der Waals surface area contributed by atoms with Gasteiger partial charge in [-0.3, -0.25) is 0 Å². The molecule has 2 N–H and O–H groups in total. The van der Waals surface area contributed by atoms with E-state index >= 15 is 0 Å². The molecule has 0 amide bonds. The van der Waals surface area contributed by atoms with Crippen molar-refractivity contribution in [2.75, 3.05) is 0 Å². The zero-order valence-corrected chi connectivity index (χ0v) is 8.87. The molecule has 14 heavy (non-hydrogen) atoms. The highest BCUT2D eigenvalue weighted by Crippen LogP contribution is 2.03. The van der Waals surface area contributed by atoms with Gasteiger partial charge in [0.1, 0.15) is 0 Å². The van der Waals surface area contributed by atoms with E-state index in [4.69, 9.17) is 10.2 Å². The first-order valence-electron chi connectivity index (χ1n) is 3.52. The molecule has 0 bridgehead atoms. The molecule has 1 aromatic rings. The zero-order valence-electron chi connectivity index (χ0n) is 6.87. The average Bonchev–Trinajstić information content (AvgIpc) is 2.07. The van der Waals surface area contributed by atoms with Gasteiger partial charge in [-0.15, -0.1) is 0 Å². The summed E-state index contributed by atoms with van der Waals surface area (Å²) in [7, 11) is 6.07. The van der Waals surface area contributed by atoms with E-state index in [9.17, 15) is 9.59 Å². The number of carboxylic acids is 2. The van der Waals surface area contributed by atoms with Crippen molar-refractivity contribution in [1.29, 1.82) is 0 Å². The summed E-state index contributed by atoms with van der Waals surface area (Å²) >= 11 is 0. The summed E-state index contributed by atoms with van der Waals surface area (Å²) in [6.45, 7) is 0.